The van der Waals surface area contributed by atoms with Crippen LogP contribution in [0.4, 0.5) is 10.7 Å². The topological polar surface area (TPSA) is 115 Å². The highest BCUT2D eigenvalue weighted by Crippen LogP contribution is 2.35. The molecule has 3 aromatic rings. The molecule has 1 heterocycles. The van der Waals surface area contributed by atoms with Crippen molar-refractivity contribution in [3.63, 3.8) is 0 Å². The van der Waals surface area contributed by atoms with Gasteiger partial charge in [-0.2, -0.15) is 0 Å². The molecule has 0 saturated carbocycles. The van der Waals surface area contributed by atoms with E-state index in [4.69, 9.17) is 5.73 Å². The largest absolute Gasteiger partial charge is 0.366 e. The lowest BCUT2D eigenvalue weighted by atomic mass is 10.1. The van der Waals surface area contributed by atoms with Gasteiger partial charge in [0.1, 0.15) is 5.00 Å². The molecule has 2 amide bonds. The summed E-state index contributed by atoms with van der Waals surface area (Å²) in [6, 6.07) is 17.0. The van der Waals surface area contributed by atoms with Gasteiger partial charge in [-0.15, -0.1) is 11.3 Å². The molecule has 0 spiro atoms. The second-order valence-electron chi connectivity index (χ2n) is 5.76. The third-order valence-corrected chi connectivity index (χ3v) is 4.90. The van der Waals surface area contributed by atoms with Crippen molar-refractivity contribution >= 4 is 39.9 Å². The number of nitro groups is 1. The van der Waals surface area contributed by atoms with Crippen LogP contribution in [-0.2, 0) is 4.79 Å². The maximum absolute atomic E-state index is 12.2. The molecule has 28 heavy (non-hydrogen) atoms. The fourth-order valence-electron chi connectivity index (χ4n) is 2.48. The lowest BCUT2D eigenvalue weighted by Gasteiger charge is -2.01. The van der Waals surface area contributed by atoms with E-state index in [1.807, 2.05) is 30.3 Å². The summed E-state index contributed by atoms with van der Waals surface area (Å²) in [6.45, 7) is 0. The van der Waals surface area contributed by atoms with Crippen LogP contribution in [-0.4, -0.2) is 16.7 Å². The van der Waals surface area contributed by atoms with E-state index in [-0.39, 0.29) is 11.3 Å². The molecule has 8 heteroatoms. The maximum atomic E-state index is 12.2. The van der Waals surface area contributed by atoms with Crippen LogP contribution >= 0.6 is 11.3 Å². The number of primary amides is 1. The number of hydrogen-bond acceptors (Lipinski definition) is 5. The number of nitrogens with zero attached hydrogens (tertiary/aromatic N) is 1. The van der Waals surface area contributed by atoms with Gasteiger partial charge < -0.3 is 11.1 Å². The first-order valence-corrected chi connectivity index (χ1v) is 8.98. The van der Waals surface area contributed by atoms with Gasteiger partial charge in [0.15, 0.2) is 0 Å². The summed E-state index contributed by atoms with van der Waals surface area (Å²) in [5, 5.41) is 13.8. The summed E-state index contributed by atoms with van der Waals surface area (Å²) in [6.07, 6.45) is 2.70. The van der Waals surface area contributed by atoms with Gasteiger partial charge in [-0.05, 0) is 23.3 Å². The zero-order valence-corrected chi connectivity index (χ0v) is 15.3. The monoisotopic (exact) mass is 393 g/mol. The fourth-order valence-corrected chi connectivity index (χ4v) is 3.55. The van der Waals surface area contributed by atoms with Crippen molar-refractivity contribution in [2.75, 3.05) is 5.32 Å². The van der Waals surface area contributed by atoms with Crippen molar-refractivity contribution in [1.82, 2.24) is 0 Å². The van der Waals surface area contributed by atoms with Crippen molar-refractivity contribution in [3.05, 3.63) is 88.0 Å². The number of thiophene rings is 1. The Morgan fingerprint density at radius 3 is 2.50 bits per heavy atom. The van der Waals surface area contributed by atoms with E-state index < -0.39 is 16.7 Å². The molecule has 140 valence electrons. The van der Waals surface area contributed by atoms with Gasteiger partial charge in [0, 0.05) is 23.1 Å². The molecule has 0 unspecified atom stereocenters. The van der Waals surface area contributed by atoms with Crippen molar-refractivity contribution in [2.45, 2.75) is 0 Å². The summed E-state index contributed by atoms with van der Waals surface area (Å²) >= 11 is 1.24. The molecule has 0 fully saturated rings. The van der Waals surface area contributed by atoms with Crippen LogP contribution in [0.5, 0.6) is 0 Å². The van der Waals surface area contributed by atoms with E-state index in [9.17, 15) is 19.7 Å². The Hall–Kier alpha value is -3.78. The number of nitro benzene ring substituents is 1. The standard InChI is InChI=1S/C20H15N3O4S/c21-19(25)16-12-17(14-6-2-1-3-7-14)28-20(16)22-18(24)10-9-13-5-4-8-15(11-13)23(26)27/h1-12H,(H2,21,25)(H,22,24)/b10-9+. The summed E-state index contributed by atoms with van der Waals surface area (Å²) < 4.78 is 0. The molecule has 0 saturated heterocycles. The molecular formula is C20H15N3O4S. The normalized spacial score (nSPS) is 10.7. The predicted molar refractivity (Wildman–Crippen MR) is 109 cm³/mol. The van der Waals surface area contributed by atoms with E-state index in [1.165, 1.54) is 41.7 Å². The van der Waals surface area contributed by atoms with Crippen LogP contribution < -0.4 is 11.1 Å². The van der Waals surface area contributed by atoms with Crippen molar-refractivity contribution in [1.29, 1.82) is 0 Å². The zero-order valence-electron chi connectivity index (χ0n) is 14.5. The number of rotatable bonds is 6. The number of carbonyl (C=O) groups is 2. The van der Waals surface area contributed by atoms with Gasteiger partial charge in [-0.3, -0.25) is 19.7 Å². The van der Waals surface area contributed by atoms with Crippen molar-refractivity contribution in [3.8, 4) is 10.4 Å². The minimum absolute atomic E-state index is 0.0654. The number of anilines is 1. The third-order valence-electron chi connectivity index (χ3n) is 3.80. The lowest BCUT2D eigenvalue weighted by molar-refractivity contribution is -0.384. The number of non-ortho nitro benzene ring substituents is 1. The number of amides is 2. The van der Waals surface area contributed by atoms with E-state index in [1.54, 1.807) is 12.1 Å². The van der Waals surface area contributed by atoms with Gasteiger partial charge in [-0.25, -0.2) is 0 Å². The van der Waals surface area contributed by atoms with Gasteiger partial charge in [0.2, 0.25) is 5.91 Å². The quantitative estimate of drug-likeness (QED) is 0.373. The minimum Gasteiger partial charge on any atom is -0.366 e. The predicted octanol–water partition coefficient (Wildman–Crippen LogP) is 4.07. The highest BCUT2D eigenvalue weighted by Gasteiger charge is 2.16. The maximum Gasteiger partial charge on any atom is 0.270 e. The number of benzene rings is 2. The first-order chi connectivity index (χ1) is 13.4. The fraction of sp³-hybridized carbons (Fsp3) is 0. The smallest absolute Gasteiger partial charge is 0.270 e. The van der Waals surface area contributed by atoms with E-state index in [0.717, 1.165) is 10.4 Å². The Kier molecular flexibility index (Phi) is 5.61. The van der Waals surface area contributed by atoms with Gasteiger partial charge in [0.05, 0.1) is 10.5 Å². The Morgan fingerprint density at radius 2 is 1.82 bits per heavy atom. The molecular weight excluding hydrogens is 378 g/mol. The van der Waals surface area contributed by atoms with Gasteiger partial charge in [0.25, 0.3) is 11.6 Å². The summed E-state index contributed by atoms with van der Waals surface area (Å²) in [5.74, 6) is -1.12. The van der Waals surface area contributed by atoms with Crippen LogP contribution in [0.1, 0.15) is 15.9 Å². The first kappa shape index (κ1) is 19.0. The average molecular weight is 393 g/mol. The summed E-state index contributed by atoms with van der Waals surface area (Å²) in [7, 11) is 0. The molecule has 2 aromatic carbocycles. The molecule has 0 atom stereocenters. The van der Waals surface area contributed by atoms with Crippen LogP contribution in [0.15, 0.2) is 66.7 Å². The highest BCUT2D eigenvalue weighted by atomic mass is 32.1. The number of carbonyl (C=O) groups excluding carboxylic acids is 2. The van der Waals surface area contributed by atoms with E-state index in [2.05, 4.69) is 5.32 Å². The average Bonchev–Trinajstić information content (AvgIpc) is 3.11. The van der Waals surface area contributed by atoms with E-state index >= 15 is 0 Å². The number of nitrogens with two attached hydrogens (primary N) is 1. The molecule has 0 aliphatic carbocycles. The van der Waals surface area contributed by atoms with Crippen molar-refractivity contribution in [2.24, 2.45) is 5.73 Å². The summed E-state index contributed by atoms with van der Waals surface area (Å²) in [4.78, 5) is 35.1. The Balaban J connectivity index is 1.80. The minimum atomic E-state index is -0.642. The zero-order chi connectivity index (χ0) is 20.1. The number of hydrogen-bond donors (Lipinski definition) is 2. The molecule has 0 aliphatic heterocycles. The molecule has 1 aromatic heterocycles. The molecule has 0 aliphatic rings. The number of nitrogens with one attached hydrogen (secondary N) is 1. The Labute approximate surface area is 164 Å². The van der Waals surface area contributed by atoms with Crippen LogP contribution in [0.25, 0.3) is 16.5 Å². The van der Waals surface area contributed by atoms with Gasteiger partial charge in [-0.1, -0.05) is 42.5 Å². The highest BCUT2D eigenvalue weighted by molar-refractivity contribution is 7.20. The second kappa shape index (κ2) is 8.28. The second-order valence-corrected chi connectivity index (χ2v) is 6.81. The molecule has 0 radical (unpaired) electrons. The van der Waals surface area contributed by atoms with Crippen LogP contribution in [0, 0.1) is 10.1 Å². The Bertz CT molecular complexity index is 1070. The van der Waals surface area contributed by atoms with E-state index in [0.29, 0.717) is 10.6 Å². The Morgan fingerprint density at radius 1 is 1.07 bits per heavy atom. The lowest BCUT2D eigenvalue weighted by Crippen LogP contribution is -2.14. The molecule has 7 nitrogen and oxygen atoms in total. The third kappa shape index (κ3) is 4.49. The van der Waals surface area contributed by atoms with Crippen LogP contribution in [0.3, 0.4) is 0 Å². The summed E-state index contributed by atoms with van der Waals surface area (Å²) in [5.41, 5.74) is 7.00. The molecule has 3 rings (SSSR count). The molecule has 0 bridgehead atoms. The van der Waals surface area contributed by atoms with Gasteiger partial charge >= 0.3 is 0 Å². The molecule has 3 N–H and O–H groups in total. The first-order valence-electron chi connectivity index (χ1n) is 8.16. The van der Waals surface area contributed by atoms with Crippen LogP contribution in [0.2, 0.25) is 0 Å². The SMILES string of the molecule is NC(=O)c1cc(-c2ccccc2)sc1NC(=O)/C=C/c1cccc([N+](=O)[O-])c1. The van der Waals surface area contributed by atoms with Crippen molar-refractivity contribution < 1.29 is 14.5 Å².